The van der Waals surface area contributed by atoms with Crippen LogP contribution in [-0.4, -0.2) is 11.7 Å². The summed E-state index contributed by atoms with van der Waals surface area (Å²) < 4.78 is 0. The standard InChI is InChI=1S/C24H25NOS/c1-18-10-6-8-14-21(18)16-27-17-23(26)25-24(20-12-4-3-5-13-20)22-15-9-7-11-19(22)2/h3-15,24H,16-17H2,1-2H3,(H,25,26). The van der Waals surface area contributed by atoms with Crippen LogP contribution in [0.4, 0.5) is 0 Å². The second-order valence-corrected chi connectivity index (χ2v) is 7.67. The van der Waals surface area contributed by atoms with Crippen LogP contribution in [0.15, 0.2) is 78.9 Å². The highest BCUT2D eigenvalue weighted by Gasteiger charge is 2.18. The summed E-state index contributed by atoms with van der Waals surface area (Å²) in [6, 6.07) is 26.6. The number of benzene rings is 3. The fourth-order valence-corrected chi connectivity index (χ4v) is 4.04. The summed E-state index contributed by atoms with van der Waals surface area (Å²) in [5, 5.41) is 3.23. The van der Waals surface area contributed by atoms with Gasteiger partial charge >= 0.3 is 0 Å². The monoisotopic (exact) mass is 375 g/mol. The molecule has 0 aliphatic rings. The van der Waals surface area contributed by atoms with Crippen molar-refractivity contribution < 1.29 is 4.79 Å². The van der Waals surface area contributed by atoms with E-state index in [1.54, 1.807) is 11.8 Å². The summed E-state index contributed by atoms with van der Waals surface area (Å²) in [5.41, 5.74) is 5.98. The SMILES string of the molecule is Cc1ccccc1CSCC(=O)NC(c1ccccc1)c1ccccc1C. The molecule has 0 radical (unpaired) electrons. The lowest BCUT2D eigenvalue weighted by molar-refractivity contribution is -0.119. The number of thioether (sulfide) groups is 1. The highest BCUT2D eigenvalue weighted by atomic mass is 32.2. The molecule has 0 aromatic heterocycles. The van der Waals surface area contributed by atoms with Crippen molar-refractivity contribution >= 4 is 17.7 Å². The Hall–Kier alpha value is -2.52. The average molecular weight is 376 g/mol. The summed E-state index contributed by atoms with van der Waals surface area (Å²) in [7, 11) is 0. The van der Waals surface area contributed by atoms with Crippen molar-refractivity contribution in [1.29, 1.82) is 0 Å². The van der Waals surface area contributed by atoms with E-state index in [4.69, 9.17) is 0 Å². The molecule has 3 aromatic carbocycles. The van der Waals surface area contributed by atoms with Crippen LogP contribution >= 0.6 is 11.8 Å². The van der Waals surface area contributed by atoms with Gasteiger partial charge in [-0.3, -0.25) is 4.79 Å². The molecule has 0 saturated carbocycles. The van der Waals surface area contributed by atoms with Gasteiger partial charge in [0.05, 0.1) is 11.8 Å². The van der Waals surface area contributed by atoms with Crippen molar-refractivity contribution in [2.24, 2.45) is 0 Å². The third kappa shape index (κ3) is 5.24. The lowest BCUT2D eigenvalue weighted by Crippen LogP contribution is -2.31. The molecule has 0 spiro atoms. The van der Waals surface area contributed by atoms with Crippen LogP contribution in [0.5, 0.6) is 0 Å². The van der Waals surface area contributed by atoms with E-state index in [1.807, 2.05) is 42.5 Å². The number of aryl methyl sites for hydroxylation is 2. The predicted octanol–water partition coefficient (Wildman–Crippen LogP) is 5.44. The van der Waals surface area contributed by atoms with E-state index >= 15 is 0 Å². The maximum absolute atomic E-state index is 12.7. The first-order valence-electron chi connectivity index (χ1n) is 9.17. The van der Waals surface area contributed by atoms with Gasteiger partial charge < -0.3 is 5.32 Å². The smallest absolute Gasteiger partial charge is 0.230 e. The maximum atomic E-state index is 12.7. The first-order valence-corrected chi connectivity index (χ1v) is 10.3. The van der Waals surface area contributed by atoms with E-state index in [-0.39, 0.29) is 11.9 Å². The highest BCUT2D eigenvalue weighted by Crippen LogP contribution is 2.25. The molecule has 0 heterocycles. The van der Waals surface area contributed by atoms with Gasteiger partial charge in [0.1, 0.15) is 0 Å². The molecule has 2 nitrogen and oxygen atoms in total. The molecular formula is C24H25NOS. The molecule has 3 aromatic rings. The Morgan fingerprint density at radius 2 is 1.48 bits per heavy atom. The van der Waals surface area contributed by atoms with Gasteiger partial charge in [-0.05, 0) is 41.7 Å². The van der Waals surface area contributed by atoms with E-state index in [0.29, 0.717) is 5.75 Å². The Balaban J connectivity index is 1.68. The van der Waals surface area contributed by atoms with Gasteiger partial charge in [0.15, 0.2) is 0 Å². The van der Waals surface area contributed by atoms with E-state index in [2.05, 4.69) is 55.6 Å². The van der Waals surface area contributed by atoms with Crippen LogP contribution in [-0.2, 0) is 10.5 Å². The molecule has 1 unspecified atom stereocenters. The minimum atomic E-state index is -0.126. The number of amides is 1. The molecule has 138 valence electrons. The Kier molecular flexibility index (Phi) is 6.72. The van der Waals surface area contributed by atoms with Crippen molar-refractivity contribution in [1.82, 2.24) is 5.32 Å². The quantitative estimate of drug-likeness (QED) is 0.595. The molecule has 0 saturated heterocycles. The third-order valence-electron chi connectivity index (χ3n) is 4.69. The molecule has 0 bridgehead atoms. The van der Waals surface area contributed by atoms with Gasteiger partial charge in [-0.15, -0.1) is 11.8 Å². The second kappa shape index (κ2) is 9.43. The molecule has 0 aliphatic heterocycles. The van der Waals surface area contributed by atoms with Crippen LogP contribution in [0.3, 0.4) is 0 Å². The largest absolute Gasteiger partial charge is 0.344 e. The molecule has 3 rings (SSSR count). The van der Waals surface area contributed by atoms with E-state index in [9.17, 15) is 4.79 Å². The lowest BCUT2D eigenvalue weighted by atomic mass is 9.95. The number of nitrogens with one attached hydrogen (secondary N) is 1. The van der Waals surface area contributed by atoms with Crippen molar-refractivity contribution in [2.75, 3.05) is 5.75 Å². The number of carbonyl (C=O) groups excluding carboxylic acids is 1. The van der Waals surface area contributed by atoms with Gasteiger partial charge in [0, 0.05) is 5.75 Å². The van der Waals surface area contributed by atoms with Gasteiger partial charge in [-0.2, -0.15) is 0 Å². The predicted molar refractivity (Wildman–Crippen MR) is 115 cm³/mol. The highest BCUT2D eigenvalue weighted by molar-refractivity contribution is 7.99. The van der Waals surface area contributed by atoms with Crippen molar-refractivity contribution in [3.8, 4) is 0 Å². The summed E-state index contributed by atoms with van der Waals surface area (Å²) in [4.78, 5) is 12.7. The fraction of sp³-hybridized carbons (Fsp3) is 0.208. The minimum absolute atomic E-state index is 0.0608. The molecule has 1 N–H and O–H groups in total. The molecule has 0 aliphatic carbocycles. The molecule has 3 heteroatoms. The summed E-state index contributed by atoms with van der Waals surface area (Å²) in [6.07, 6.45) is 0. The molecule has 1 atom stereocenters. The topological polar surface area (TPSA) is 29.1 Å². The van der Waals surface area contributed by atoms with E-state index < -0.39 is 0 Å². The normalized spacial score (nSPS) is 11.8. The van der Waals surface area contributed by atoms with Crippen LogP contribution in [0.25, 0.3) is 0 Å². The number of carbonyl (C=O) groups is 1. The summed E-state index contributed by atoms with van der Waals surface area (Å²) in [5.74, 6) is 1.36. The van der Waals surface area contributed by atoms with Crippen LogP contribution in [0, 0.1) is 13.8 Å². The molecular weight excluding hydrogens is 350 g/mol. The lowest BCUT2D eigenvalue weighted by Gasteiger charge is -2.21. The van der Waals surface area contributed by atoms with Crippen molar-refractivity contribution in [3.05, 3.63) is 107 Å². The Bertz CT molecular complexity index is 892. The molecule has 1 amide bonds. The first-order chi connectivity index (χ1) is 13.1. The van der Waals surface area contributed by atoms with Gasteiger partial charge in [0.2, 0.25) is 5.91 Å². The minimum Gasteiger partial charge on any atom is -0.344 e. The number of hydrogen-bond acceptors (Lipinski definition) is 2. The molecule has 0 fully saturated rings. The Morgan fingerprint density at radius 1 is 0.852 bits per heavy atom. The number of hydrogen-bond donors (Lipinski definition) is 1. The van der Waals surface area contributed by atoms with Crippen LogP contribution in [0.1, 0.15) is 33.9 Å². The van der Waals surface area contributed by atoms with E-state index in [1.165, 1.54) is 16.7 Å². The third-order valence-corrected chi connectivity index (χ3v) is 5.67. The zero-order valence-electron chi connectivity index (χ0n) is 15.8. The fourth-order valence-electron chi connectivity index (χ4n) is 3.13. The summed E-state index contributed by atoms with van der Waals surface area (Å²) in [6.45, 7) is 4.20. The molecule has 27 heavy (non-hydrogen) atoms. The Labute approximate surface area is 166 Å². The summed E-state index contributed by atoms with van der Waals surface area (Å²) >= 11 is 1.65. The van der Waals surface area contributed by atoms with Crippen LogP contribution in [0.2, 0.25) is 0 Å². The van der Waals surface area contributed by atoms with Gasteiger partial charge in [-0.1, -0.05) is 78.9 Å². The number of rotatable bonds is 7. The maximum Gasteiger partial charge on any atom is 0.230 e. The second-order valence-electron chi connectivity index (χ2n) is 6.69. The first kappa shape index (κ1) is 19.2. The van der Waals surface area contributed by atoms with E-state index in [0.717, 1.165) is 16.9 Å². The van der Waals surface area contributed by atoms with Gasteiger partial charge in [0.25, 0.3) is 0 Å². The Morgan fingerprint density at radius 3 is 2.19 bits per heavy atom. The van der Waals surface area contributed by atoms with Crippen LogP contribution < -0.4 is 5.32 Å². The van der Waals surface area contributed by atoms with Crippen molar-refractivity contribution in [2.45, 2.75) is 25.6 Å². The zero-order valence-corrected chi connectivity index (χ0v) is 16.6. The zero-order chi connectivity index (χ0) is 19.1. The van der Waals surface area contributed by atoms with Gasteiger partial charge in [-0.25, -0.2) is 0 Å². The van der Waals surface area contributed by atoms with Crippen molar-refractivity contribution in [3.63, 3.8) is 0 Å². The average Bonchev–Trinajstić information content (AvgIpc) is 2.69.